The van der Waals surface area contributed by atoms with Crippen LogP contribution in [0.2, 0.25) is 5.02 Å². The molecule has 1 N–H and O–H groups in total. The van der Waals surface area contributed by atoms with Crippen molar-refractivity contribution in [2.24, 2.45) is 0 Å². The number of anilines is 1. The Morgan fingerprint density at radius 2 is 1.83 bits per heavy atom. The van der Waals surface area contributed by atoms with Crippen LogP contribution in [-0.2, 0) is 9.59 Å². The molecular formula is C18H27ClN2O3. The molecule has 0 atom stereocenters. The van der Waals surface area contributed by atoms with Crippen molar-refractivity contribution in [3.8, 4) is 5.75 Å². The quantitative estimate of drug-likeness (QED) is 0.688. The van der Waals surface area contributed by atoms with Crippen molar-refractivity contribution < 1.29 is 14.3 Å². The zero-order chi connectivity index (χ0) is 17.9. The van der Waals surface area contributed by atoms with Crippen LogP contribution in [0.5, 0.6) is 5.75 Å². The second kappa shape index (κ2) is 10.9. The Hall–Kier alpha value is -1.75. The zero-order valence-corrected chi connectivity index (χ0v) is 15.5. The monoisotopic (exact) mass is 354 g/mol. The van der Waals surface area contributed by atoms with Gasteiger partial charge in [0.05, 0.1) is 12.1 Å². The lowest BCUT2D eigenvalue weighted by Gasteiger charge is -2.21. The molecule has 1 aromatic rings. The van der Waals surface area contributed by atoms with Gasteiger partial charge in [0.15, 0.2) is 0 Å². The van der Waals surface area contributed by atoms with Crippen molar-refractivity contribution in [2.75, 3.05) is 25.5 Å². The SMILES string of the molecule is CCCN(CCC)C(=O)CCCC(=O)Nc1ccc(OC)c(Cl)c1. The summed E-state index contributed by atoms with van der Waals surface area (Å²) in [6, 6.07) is 5.08. The first-order valence-electron chi connectivity index (χ1n) is 8.43. The van der Waals surface area contributed by atoms with Gasteiger partial charge in [0.25, 0.3) is 0 Å². The number of amides is 2. The van der Waals surface area contributed by atoms with Gasteiger partial charge < -0.3 is 15.0 Å². The highest BCUT2D eigenvalue weighted by Crippen LogP contribution is 2.27. The van der Waals surface area contributed by atoms with E-state index in [4.69, 9.17) is 16.3 Å². The largest absolute Gasteiger partial charge is 0.495 e. The number of nitrogens with zero attached hydrogens (tertiary/aromatic N) is 1. The van der Waals surface area contributed by atoms with E-state index < -0.39 is 0 Å². The Morgan fingerprint density at radius 1 is 1.17 bits per heavy atom. The molecule has 0 aromatic heterocycles. The van der Waals surface area contributed by atoms with Crippen LogP contribution in [0.3, 0.4) is 0 Å². The standard InChI is InChI=1S/C18H27ClN2O3/c1-4-11-21(12-5-2)18(23)8-6-7-17(22)20-14-9-10-16(24-3)15(19)13-14/h9-10,13H,4-8,11-12H2,1-3H3,(H,20,22). The van der Waals surface area contributed by atoms with Crippen molar-refractivity contribution >= 4 is 29.1 Å². The summed E-state index contributed by atoms with van der Waals surface area (Å²) in [5.41, 5.74) is 0.621. The van der Waals surface area contributed by atoms with E-state index in [9.17, 15) is 9.59 Å². The highest BCUT2D eigenvalue weighted by atomic mass is 35.5. The minimum absolute atomic E-state index is 0.124. The molecule has 0 spiro atoms. The molecule has 1 rings (SSSR count). The highest BCUT2D eigenvalue weighted by Gasteiger charge is 2.12. The maximum atomic E-state index is 12.1. The Kier molecular flexibility index (Phi) is 9.23. The van der Waals surface area contributed by atoms with Crippen molar-refractivity contribution in [2.45, 2.75) is 46.0 Å². The van der Waals surface area contributed by atoms with Crippen molar-refractivity contribution in [3.05, 3.63) is 23.2 Å². The Morgan fingerprint density at radius 3 is 2.38 bits per heavy atom. The third-order valence-corrected chi connectivity index (χ3v) is 3.87. The lowest BCUT2D eigenvalue weighted by molar-refractivity contribution is -0.131. The number of ether oxygens (including phenoxy) is 1. The number of halogens is 1. The number of benzene rings is 1. The fraction of sp³-hybridized carbons (Fsp3) is 0.556. The normalized spacial score (nSPS) is 10.3. The summed E-state index contributed by atoms with van der Waals surface area (Å²) in [4.78, 5) is 26.0. The smallest absolute Gasteiger partial charge is 0.224 e. The van der Waals surface area contributed by atoms with Gasteiger partial charge in [-0.15, -0.1) is 0 Å². The second-order valence-corrected chi connectivity index (χ2v) is 6.04. The van der Waals surface area contributed by atoms with E-state index in [0.717, 1.165) is 25.9 Å². The van der Waals surface area contributed by atoms with E-state index in [1.165, 1.54) is 7.11 Å². The van der Waals surface area contributed by atoms with Gasteiger partial charge >= 0.3 is 0 Å². The predicted octanol–water partition coefficient (Wildman–Crippen LogP) is 4.11. The summed E-state index contributed by atoms with van der Waals surface area (Å²) >= 11 is 6.03. The second-order valence-electron chi connectivity index (χ2n) is 5.63. The van der Waals surface area contributed by atoms with Crippen molar-refractivity contribution in [3.63, 3.8) is 0 Å². The zero-order valence-electron chi connectivity index (χ0n) is 14.7. The number of nitrogens with one attached hydrogen (secondary N) is 1. The topological polar surface area (TPSA) is 58.6 Å². The fourth-order valence-electron chi connectivity index (χ4n) is 2.43. The summed E-state index contributed by atoms with van der Waals surface area (Å²) in [5, 5.41) is 3.23. The van der Waals surface area contributed by atoms with Gasteiger partial charge in [0, 0.05) is 31.6 Å². The van der Waals surface area contributed by atoms with Crippen LogP contribution < -0.4 is 10.1 Å². The molecule has 0 aliphatic rings. The van der Waals surface area contributed by atoms with Crippen LogP contribution in [0.15, 0.2) is 18.2 Å². The number of hydrogen-bond acceptors (Lipinski definition) is 3. The number of hydrogen-bond donors (Lipinski definition) is 1. The van der Waals surface area contributed by atoms with Gasteiger partial charge in [-0.25, -0.2) is 0 Å². The molecule has 0 aliphatic carbocycles. The Bertz CT molecular complexity index is 543. The summed E-state index contributed by atoms with van der Waals surface area (Å²) in [6.07, 6.45) is 3.14. The van der Waals surface area contributed by atoms with Gasteiger partial charge in [-0.3, -0.25) is 9.59 Å². The third-order valence-electron chi connectivity index (χ3n) is 3.57. The molecule has 0 saturated heterocycles. The van der Waals surface area contributed by atoms with Gasteiger partial charge in [-0.05, 0) is 37.5 Å². The maximum absolute atomic E-state index is 12.1. The molecular weight excluding hydrogens is 328 g/mol. The molecule has 134 valence electrons. The summed E-state index contributed by atoms with van der Waals surface area (Å²) in [6.45, 7) is 5.68. The first-order chi connectivity index (χ1) is 11.5. The average Bonchev–Trinajstić information content (AvgIpc) is 2.54. The van der Waals surface area contributed by atoms with Crippen LogP contribution in [0.4, 0.5) is 5.69 Å². The van der Waals surface area contributed by atoms with Crippen molar-refractivity contribution in [1.29, 1.82) is 0 Å². The summed E-state index contributed by atoms with van der Waals surface area (Å²) in [5.74, 6) is 0.563. The number of carbonyl (C=O) groups is 2. The van der Waals surface area contributed by atoms with E-state index in [1.54, 1.807) is 18.2 Å². The third kappa shape index (κ3) is 6.79. The number of carbonyl (C=O) groups excluding carboxylic acids is 2. The number of rotatable bonds is 10. The summed E-state index contributed by atoms with van der Waals surface area (Å²) in [7, 11) is 1.54. The molecule has 0 bridgehead atoms. The molecule has 0 heterocycles. The summed E-state index contributed by atoms with van der Waals surface area (Å²) < 4.78 is 5.07. The average molecular weight is 355 g/mol. The highest BCUT2D eigenvalue weighted by molar-refractivity contribution is 6.32. The van der Waals surface area contributed by atoms with Gasteiger partial charge in [0.1, 0.15) is 5.75 Å². The molecule has 0 radical (unpaired) electrons. The molecule has 2 amide bonds. The molecule has 0 aliphatic heterocycles. The maximum Gasteiger partial charge on any atom is 0.224 e. The Balaban J connectivity index is 2.40. The molecule has 0 saturated carbocycles. The van der Waals surface area contributed by atoms with E-state index >= 15 is 0 Å². The lowest BCUT2D eigenvalue weighted by Crippen LogP contribution is -2.32. The van der Waals surface area contributed by atoms with Gasteiger partial charge in [-0.2, -0.15) is 0 Å². The minimum atomic E-state index is -0.124. The van der Waals surface area contributed by atoms with Crippen LogP contribution in [0.25, 0.3) is 0 Å². The molecule has 24 heavy (non-hydrogen) atoms. The van der Waals surface area contributed by atoms with E-state index in [-0.39, 0.29) is 11.8 Å². The fourth-order valence-corrected chi connectivity index (χ4v) is 2.68. The molecule has 5 nitrogen and oxygen atoms in total. The number of methoxy groups -OCH3 is 1. The van der Waals surface area contributed by atoms with E-state index in [1.807, 2.05) is 4.90 Å². The molecule has 0 fully saturated rings. The first kappa shape index (κ1) is 20.3. The Labute approximate surface area is 149 Å². The first-order valence-corrected chi connectivity index (χ1v) is 8.80. The lowest BCUT2D eigenvalue weighted by atomic mass is 10.2. The molecule has 0 unspecified atom stereocenters. The van der Waals surface area contributed by atoms with Crippen molar-refractivity contribution in [1.82, 2.24) is 4.90 Å². The van der Waals surface area contributed by atoms with Crippen LogP contribution in [0.1, 0.15) is 46.0 Å². The van der Waals surface area contributed by atoms with Crippen LogP contribution >= 0.6 is 11.6 Å². The predicted molar refractivity (Wildman–Crippen MR) is 97.6 cm³/mol. The molecule has 1 aromatic carbocycles. The van der Waals surface area contributed by atoms with Gasteiger partial charge in [0.2, 0.25) is 11.8 Å². The minimum Gasteiger partial charge on any atom is -0.495 e. The molecule has 6 heteroatoms. The van der Waals surface area contributed by atoms with Crippen LogP contribution in [-0.4, -0.2) is 36.9 Å². The van der Waals surface area contributed by atoms with E-state index in [2.05, 4.69) is 19.2 Å². The van der Waals surface area contributed by atoms with Crippen LogP contribution in [0, 0.1) is 0 Å². The van der Waals surface area contributed by atoms with Gasteiger partial charge in [-0.1, -0.05) is 25.4 Å². The van der Waals surface area contributed by atoms with E-state index in [0.29, 0.717) is 35.7 Å².